The van der Waals surface area contributed by atoms with Gasteiger partial charge < -0.3 is 9.52 Å². The molecule has 1 heterocycles. The Bertz CT molecular complexity index is 226. The molecule has 1 aromatic rings. The van der Waals surface area contributed by atoms with E-state index in [-0.39, 0.29) is 12.4 Å². The van der Waals surface area contributed by atoms with E-state index in [1.807, 2.05) is 0 Å². The van der Waals surface area contributed by atoms with Gasteiger partial charge in [0.25, 0.3) is 0 Å². The Hall–Kier alpha value is -1.09. The van der Waals surface area contributed by atoms with E-state index in [2.05, 4.69) is 0 Å². The van der Waals surface area contributed by atoms with Crippen LogP contribution in [0.4, 0.5) is 0 Å². The second-order valence-corrected chi connectivity index (χ2v) is 2.62. The first-order valence-corrected chi connectivity index (χ1v) is 3.98. The highest BCUT2D eigenvalue weighted by Gasteiger charge is 2.04. The molecule has 0 aliphatic rings. The minimum absolute atomic E-state index is 0.0733. The number of carbonyl (C=O) groups excluding carboxylic acids is 1. The maximum absolute atomic E-state index is 11.1. The molecule has 12 heavy (non-hydrogen) atoms. The van der Waals surface area contributed by atoms with Crippen molar-refractivity contribution >= 4 is 5.78 Å². The first-order valence-electron chi connectivity index (χ1n) is 3.98. The van der Waals surface area contributed by atoms with Gasteiger partial charge in [0, 0.05) is 13.0 Å². The molecule has 0 fully saturated rings. The zero-order valence-electron chi connectivity index (χ0n) is 6.82. The molecule has 1 aromatic heterocycles. The molecule has 0 aliphatic heterocycles. The van der Waals surface area contributed by atoms with Crippen LogP contribution in [0.25, 0.3) is 0 Å². The predicted molar refractivity (Wildman–Crippen MR) is 43.7 cm³/mol. The van der Waals surface area contributed by atoms with Gasteiger partial charge in [-0.3, -0.25) is 4.79 Å². The maximum atomic E-state index is 11.1. The number of ketones is 1. The molecule has 0 unspecified atom stereocenters. The second kappa shape index (κ2) is 4.72. The Labute approximate surface area is 71.0 Å². The molecular formula is C9H12O3. The Balaban J connectivity index is 2.27. The molecule has 3 heteroatoms. The SMILES string of the molecule is O=C(CCCO)Cc1ccco1. The Morgan fingerprint density at radius 2 is 2.42 bits per heavy atom. The minimum Gasteiger partial charge on any atom is -0.469 e. The average molecular weight is 168 g/mol. The molecule has 0 atom stereocenters. The molecule has 0 saturated carbocycles. The molecule has 0 bridgehead atoms. The summed E-state index contributed by atoms with van der Waals surface area (Å²) < 4.78 is 5.00. The van der Waals surface area contributed by atoms with Gasteiger partial charge in [0.2, 0.25) is 0 Å². The van der Waals surface area contributed by atoms with Crippen LogP contribution >= 0.6 is 0 Å². The summed E-state index contributed by atoms with van der Waals surface area (Å²) in [6.45, 7) is 0.0733. The first kappa shape index (κ1) is 9.00. The van der Waals surface area contributed by atoms with Gasteiger partial charge in [-0.15, -0.1) is 0 Å². The Kier molecular flexibility index (Phi) is 3.54. The van der Waals surface area contributed by atoms with Crippen LogP contribution in [-0.4, -0.2) is 17.5 Å². The lowest BCUT2D eigenvalue weighted by Crippen LogP contribution is -2.02. The summed E-state index contributed by atoms with van der Waals surface area (Å²) in [6, 6.07) is 3.53. The number of furan rings is 1. The average Bonchev–Trinajstić information content (AvgIpc) is 2.53. The van der Waals surface area contributed by atoms with E-state index in [1.54, 1.807) is 18.4 Å². The van der Waals surface area contributed by atoms with Crippen LogP contribution < -0.4 is 0 Å². The topological polar surface area (TPSA) is 50.4 Å². The van der Waals surface area contributed by atoms with Gasteiger partial charge in [-0.25, -0.2) is 0 Å². The quantitative estimate of drug-likeness (QED) is 0.717. The highest BCUT2D eigenvalue weighted by Crippen LogP contribution is 2.03. The fourth-order valence-electron chi connectivity index (χ4n) is 0.972. The van der Waals surface area contributed by atoms with Crippen molar-refractivity contribution in [1.82, 2.24) is 0 Å². The largest absolute Gasteiger partial charge is 0.469 e. The van der Waals surface area contributed by atoms with E-state index < -0.39 is 0 Å². The molecule has 3 nitrogen and oxygen atoms in total. The van der Waals surface area contributed by atoms with Crippen LogP contribution in [0.3, 0.4) is 0 Å². The van der Waals surface area contributed by atoms with Gasteiger partial charge in [0.15, 0.2) is 0 Å². The number of hydrogen-bond donors (Lipinski definition) is 1. The molecule has 1 rings (SSSR count). The maximum Gasteiger partial charge on any atom is 0.140 e. The first-order chi connectivity index (χ1) is 5.83. The summed E-state index contributed by atoms with van der Waals surface area (Å²) in [5, 5.41) is 8.47. The van der Waals surface area contributed by atoms with Crippen LogP contribution in [0.5, 0.6) is 0 Å². The van der Waals surface area contributed by atoms with Gasteiger partial charge in [-0.05, 0) is 18.6 Å². The monoisotopic (exact) mass is 168 g/mol. The van der Waals surface area contributed by atoms with Crippen LogP contribution in [0.2, 0.25) is 0 Å². The van der Waals surface area contributed by atoms with Gasteiger partial charge in [-0.2, -0.15) is 0 Å². The van der Waals surface area contributed by atoms with Gasteiger partial charge in [0.05, 0.1) is 12.7 Å². The highest BCUT2D eigenvalue weighted by atomic mass is 16.3. The summed E-state index contributed by atoms with van der Waals surface area (Å²) in [4.78, 5) is 11.1. The van der Waals surface area contributed by atoms with Gasteiger partial charge >= 0.3 is 0 Å². The molecule has 0 aromatic carbocycles. The van der Waals surface area contributed by atoms with Crippen molar-refractivity contribution < 1.29 is 14.3 Å². The molecule has 0 amide bonds. The van der Waals surface area contributed by atoms with Crippen molar-refractivity contribution in [1.29, 1.82) is 0 Å². The second-order valence-electron chi connectivity index (χ2n) is 2.62. The summed E-state index contributed by atoms with van der Waals surface area (Å²) in [5.74, 6) is 0.803. The zero-order chi connectivity index (χ0) is 8.81. The summed E-state index contributed by atoms with van der Waals surface area (Å²) >= 11 is 0. The molecule has 0 spiro atoms. The smallest absolute Gasteiger partial charge is 0.140 e. The Morgan fingerprint density at radius 3 is 3.00 bits per heavy atom. The molecule has 0 radical (unpaired) electrons. The summed E-state index contributed by atoms with van der Waals surface area (Å²) in [5.41, 5.74) is 0. The fourth-order valence-corrected chi connectivity index (χ4v) is 0.972. The number of aliphatic hydroxyl groups excluding tert-OH is 1. The van der Waals surface area contributed by atoms with Crippen molar-refractivity contribution in [3.63, 3.8) is 0 Å². The predicted octanol–water partition coefficient (Wildman–Crippen LogP) is 1.16. The van der Waals surface area contributed by atoms with Crippen molar-refractivity contribution in [3.8, 4) is 0 Å². The third-order valence-corrected chi connectivity index (χ3v) is 1.57. The lowest BCUT2D eigenvalue weighted by Gasteiger charge is -1.95. The molecule has 1 N–H and O–H groups in total. The van der Waals surface area contributed by atoms with E-state index in [0.717, 1.165) is 0 Å². The van der Waals surface area contributed by atoms with E-state index in [0.29, 0.717) is 25.0 Å². The van der Waals surface area contributed by atoms with Crippen molar-refractivity contribution in [2.24, 2.45) is 0 Å². The van der Waals surface area contributed by atoms with E-state index in [9.17, 15) is 4.79 Å². The minimum atomic E-state index is 0.0733. The summed E-state index contributed by atoms with van der Waals surface area (Å²) in [6.07, 6.45) is 2.86. The third kappa shape index (κ3) is 2.88. The van der Waals surface area contributed by atoms with Crippen molar-refractivity contribution in [2.45, 2.75) is 19.3 Å². The highest BCUT2D eigenvalue weighted by molar-refractivity contribution is 5.80. The molecule has 66 valence electrons. The normalized spacial score (nSPS) is 10.1. The number of aliphatic hydroxyl groups is 1. The number of rotatable bonds is 5. The van der Waals surface area contributed by atoms with Gasteiger partial charge in [-0.1, -0.05) is 0 Å². The van der Waals surface area contributed by atoms with Crippen LogP contribution in [0.15, 0.2) is 22.8 Å². The van der Waals surface area contributed by atoms with Crippen molar-refractivity contribution in [2.75, 3.05) is 6.61 Å². The number of carbonyl (C=O) groups is 1. The zero-order valence-corrected chi connectivity index (χ0v) is 6.82. The fraction of sp³-hybridized carbons (Fsp3) is 0.444. The standard InChI is InChI=1S/C9H12O3/c10-5-1-3-8(11)7-9-4-2-6-12-9/h2,4,6,10H,1,3,5,7H2. The Morgan fingerprint density at radius 1 is 1.58 bits per heavy atom. The van der Waals surface area contributed by atoms with E-state index in [4.69, 9.17) is 9.52 Å². The van der Waals surface area contributed by atoms with E-state index in [1.165, 1.54) is 0 Å². The number of Topliss-reactive ketones (excluding diaryl/α,β-unsaturated/α-hetero) is 1. The molecule has 0 aliphatic carbocycles. The van der Waals surface area contributed by atoms with Crippen LogP contribution in [0.1, 0.15) is 18.6 Å². The van der Waals surface area contributed by atoms with E-state index >= 15 is 0 Å². The molecular weight excluding hydrogens is 156 g/mol. The number of hydrogen-bond acceptors (Lipinski definition) is 3. The molecule has 0 saturated heterocycles. The summed E-state index contributed by atoms with van der Waals surface area (Å²) in [7, 11) is 0. The van der Waals surface area contributed by atoms with Crippen LogP contribution in [-0.2, 0) is 11.2 Å². The van der Waals surface area contributed by atoms with Crippen molar-refractivity contribution in [3.05, 3.63) is 24.2 Å². The third-order valence-electron chi connectivity index (χ3n) is 1.57. The van der Waals surface area contributed by atoms with Crippen LogP contribution in [0, 0.1) is 0 Å². The van der Waals surface area contributed by atoms with Gasteiger partial charge in [0.1, 0.15) is 11.5 Å². The lowest BCUT2D eigenvalue weighted by molar-refractivity contribution is -0.118. The lowest BCUT2D eigenvalue weighted by atomic mass is 10.1.